The number of rotatable bonds is 7. The van der Waals surface area contributed by atoms with Crippen molar-refractivity contribution in [1.82, 2.24) is 10.2 Å². The fourth-order valence-corrected chi connectivity index (χ4v) is 1.97. The number of hydrogen-bond acceptors (Lipinski definition) is 4. The van der Waals surface area contributed by atoms with E-state index in [1.165, 1.54) is 0 Å². The second-order valence-corrected chi connectivity index (χ2v) is 4.86. The molecule has 0 aliphatic rings. The minimum Gasteiger partial charge on any atom is -0.497 e. The van der Waals surface area contributed by atoms with Gasteiger partial charge in [-0.3, -0.25) is 14.5 Å². The first kappa shape index (κ1) is 16.2. The van der Waals surface area contributed by atoms with Crippen molar-refractivity contribution in [3.05, 3.63) is 29.8 Å². The van der Waals surface area contributed by atoms with Crippen LogP contribution in [-0.2, 0) is 4.79 Å². The Kier molecular flexibility index (Phi) is 6.18. The summed E-state index contributed by atoms with van der Waals surface area (Å²) >= 11 is 0. The molecule has 0 aromatic heterocycles. The van der Waals surface area contributed by atoms with Crippen LogP contribution < -0.4 is 10.1 Å². The number of hydrogen-bond donors (Lipinski definition) is 1. The van der Waals surface area contributed by atoms with Crippen LogP contribution in [0.15, 0.2) is 24.3 Å². The molecular formula is C15H22N2O3. The van der Waals surface area contributed by atoms with Crippen LogP contribution in [0.3, 0.4) is 0 Å². The van der Waals surface area contributed by atoms with Crippen LogP contribution >= 0.6 is 0 Å². The van der Waals surface area contributed by atoms with E-state index in [1.807, 2.05) is 18.9 Å². The molecule has 1 N–H and O–H groups in total. The van der Waals surface area contributed by atoms with Gasteiger partial charge in [0.1, 0.15) is 5.75 Å². The fourth-order valence-electron chi connectivity index (χ4n) is 1.97. The summed E-state index contributed by atoms with van der Waals surface area (Å²) in [5.74, 6) is 0.588. The largest absolute Gasteiger partial charge is 0.497 e. The summed E-state index contributed by atoms with van der Waals surface area (Å²) in [6, 6.07) is 7.02. The van der Waals surface area contributed by atoms with Crippen molar-refractivity contribution in [3.63, 3.8) is 0 Å². The number of benzene rings is 1. The summed E-state index contributed by atoms with van der Waals surface area (Å²) in [7, 11) is 5.03. The first-order valence-electron chi connectivity index (χ1n) is 6.55. The topological polar surface area (TPSA) is 58.6 Å². The van der Waals surface area contributed by atoms with Gasteiger partial charge >= 0.3 is 0 Å². The second kappa shape index (κ2) is 7.65. The molecule has 5 nitrogen and oxygen atoms in total. The third kappa shape index (κ3) is 4.66. The number of carbonyl (C=O) groups is 2. The number of likely N-dealkylation sites (N-methyl/N-ethyl adjacent to an activating group) is 1. The predicted molar refractivity (Wildman–Crippen MR) is 78.1 cm³/mol. The molecule has 110 valence electrons. The summed E-state index contributed by atoms with van der Waals surface area (Å²) in [6.07, 6.45) is 0. The smallest absolute Gasteiger partial charge is 0.223 e. The Balaban J connectivity index is 2.54. The van der Waals surface area contributed by atoms with Crippen LogP contribution in [0.4, 0.5) is 0 Å². The lowest BCUT2D eigenvalue weighted by Crippen LogP contribution is -2.36. The Morgan fingerprint density at radius 3 is 2.40 bits per heavy atom. The van der Waals surface area contributed by atoms with E-state index in [1.54, 1.807) is 38.4 Å². The number of ketones is 1. The van der Waals surface area contributed by atoms with E-state index in [-0.39, 0.29) is 24.2 Å². The van der Waals surface area contributed by atoms with Crippen molar-refractivity contribution in [2.75, 3.05) is 34.3 Å². The second-order valence-electron chi connectivity index (χ2n) is 4.86. The van der Waals surface area contributed by atoms with Gasteiger partial charge in [0.2, 0.25) is 5.91 Å². The zero-order valence-electron chi connectivity index (χ0n) is 12.5. The average Bonchev–Trinajstić information content (AvgIpc) is 2.46. The number of amides is 1. The zero-order chi connectivity index (χ0) is 15.1. The Morgan fingerprint density at radius 2 is 1.90 bits per heavy atom. The molecule has 0 radical (unpaired) electrons. The maximum Gasteiger partial charge on any atom is 0.223 e. The van der Waals surface area contributed by atoms with Crippen molar-refractivity contribution in [1.29, 1.82) is 0 Å². The fraction of sp³-hybridized carbons (Fsp3) is 0.467. The van der Waals surface area contributed by atoms with E-state index in [0.717, 1.165) is 5.75 Å². The molecule has 0 saturated heterocycles. The standard InChI is InChI=1S/C15H22N2O3/c1-11(15(19)16-2)9-17(3)10-14(18)12-5-7-13(20-4)8-6-12/h5-8,11H,9-10H2,1-4H3,(H,16,19). The first-order valence-corrected chi connectivity index (χ1v) is 6.55. The SMILES string of the molecule is CNC(=O)C(C)CN(C)CC(=O)c1ccc(OC)cc1. The molecule has 1 rings (SSSR count). The lowest BCUT2D eigenvalue weighted by molar-refractivity contribution is -0.124. The van der Waals surface area contributed by atoms with Gasteiger partial charge < -0.3 is 10.1 Å². The van der Waals surface area contributed by atoms with Gasteiger partial charge in [0.05, 0.1) is 13.7 Å². The predicted octanol–water partition coefficient (Wildman–Crippen LogP) is 1.19. The van der Waals surface area contributed by atoms with Crippen molar-refractivity contribution in [2.24, 2.45) is 5.92 Å². The molecule has 0 fully saturated rings. The third-order valence-electron chi connectivity index (χ3n) is 3.11. The van der Waals surface area contributed by atoms with Crippen LogP contribution in [0.1, 0.15) is 17.3 Å². The maximum absolute atomic E-state index is 12.1. The van der Waals surface area contributed by atoms with Crippen LogP contribution in [0, 0.1) is 5.92 Å². The van der Waals surface area contributed by atoms with Gasteiger partial charge in [0, 0.05) is 25.1 Å². The maximum atomic E-state index is 12.1. The molecule has 0 bridgehead atoms. The summed E-state index contributed by atoms with van der Waals surface area (Å²) in [5, 5.41) is 2.60. The highest BCUT2D eigenvalue weighted by molar-refractivity contribution is 5.97. The van der Waals surface area contributed by atoms with Gasteiger partial charge in [-0.2, -0.15) is 0 Å². The molecule has 1 amide bonds. The summed E-state index contributed by atoms with van der Waals surface area (Å²) in [4.78, 5) is 25.4. The molecule has 1 atom stereocenters. The van der Waals surface area contributed by atoms with E-state index in [2.05, 4.69) is 5.32 Å². The lowest BCUT2D eigenvalue weighted by Gasteiger charge is -2.19. The number of Topliss-reactive ketones (excluding diaryl/α,β-unsaturated/α-hetero) is 1. The number of carbonyl (C=O) groups excluding carboxylic acids is 2. The lowest BCUT2D eigenvalue weighted by atomic mass is 10.1. The Labute approximate surface area is 119 Å². The van der Waals surface area contributed by atoms with E-state index in [9.17, 15) is 9.59 Å². The van der Waals surface area contributed by atoms with Gasteiger partial charge in [0.15, 0.2) is 5.78 Å². The highest BCUT2D eigenvalue weighted by Crippen LogP contribution is 2.12. The highest BCUT2D eigenvalue weighted by Gasteiger charge is 2.16. The van der Waals surface area contributed by atoms with Gasteiger partial charge in [-0.05, 0) is 31.3 Å². The molecular weight excluding hydrogens is 256 g/mol. The van der Waals surface area contributed by atoms with Crippen LogP contribution in [0.5, 0.6) is 5.75 Å². The summed E-state index contributed by atoms with van der Waals surface area (Å²) in [6.45, 7) is 2.67. The van der Waals surface area contributed by atoms with Crippen LogP contribution in [0.25, 0.3) is 0 Å². The Bertz CT molecular complexity index is 457. The molecule has 1 aromatic rings. The minimum atomic E-state index is -0.145. The Morgan fingerprint density at radius 1 is 1.30 bits per heavy atom. The zero-order valence-corrected chi connectivity index (χ0v) is 12.5. The number of methoxy groups -OCH3 is 1. The van der Waals surface area contributed by atoms with E-state index in [4.69, 9.17) is 4.74 Å². The first-order chi connectivity index (χ1) is 9.47. The van der Waals surface area contributed by atoms with Crippen molar-refractivity contribution >= 4 is 11.7 Å². The molecule has 0 aliphatic heterocycles. The van der Waals surface area contributed by atoms with Crippen molar-refractivity contribution < 1.29 is 14.3 Å². The molecule has 0 saturated carbocycles. The average molecular weight is 278 g/mol. The van der Waals surface area contributed by atoms with E-state index in [0.29, 0.717) is 12.1 Å². The van der Waals surface area contributed by atoms with Crippen molar-refractivity contribution in [3.8, 4) is 5.75 Å². The van der Waals surface area contributed by atoms with Crippen molar-refractivity contribution in [2.45, 2.75) is 6.92 Å². The quantitative estimate of drug-likeness (QED) is 0.761. The van der Waals surface area contributed by atoms with Crippen LogP contribution in [-0.4, -0.2) is 50.9 Å². The number of nitrogens with one attached hydrogen (secondary N) is 1. The molecule has 0 spiro atoms. The minimum absolute atomic E-state index is 0.0197. The monoisotopic (exact) mass is 278 g/mol. The molecule has 1 unspecified atom stereocenters. The molecule has 0 heterocycles. The molecule has 20 heavy (non-hydrogen) atoms. The normalized spacial score (nSPS) is 12.1. The Hall–Kier alpha value is -1.88. The third-order valence-corrected chi connectivity index (χ3v) is 3.11. The number of nitrogens with zero attached hydrogens (tertiary/aromatic N) is 1. The summed E-state index contributed by atoms with van der Waals surface area (Å²) in [5.41, 5.74) is 0.644. The number of ether oxygens (including phenoxy) is 1. The highest BCUT2D eigenvalue weighted by atomic mass is 16.5. The summed E-state index contributed by atoms with van der Waals surface area (Å²) < 4.78 is 5.06. The van der Waals surface area contributed by atoms with Gasteiger partial charge in [0.25, 0.3) is 0 Å². The van der Waals surface area contributed by atoms with E-state index >= 15 is 0 Å². The van der Waals surface area contributed by atoms with E-state index < -0.39 is 0 Å². The van der Waals surface area contributed by atoms with Gasteiger partial charge in [-0.25, -0.2) is 0 Å². The van der Waals surface area contributed by atoms with Gasteiger partial charge in [-0.1, -0.05) is 6.92 Å². The van der Waals surface area contributed by atoms with Crippen LogP contribution in [0.2, 0.25) is 0 Å². The van der Waals surface area contributed by atoms with Gasteiger partial charge in [-0.15, -0.1) is 0 Å². The molecule has 0 aliphatic carbocycles. The molecule has 5 heteroatoms. The molecule has 1 aromatic carbocycles.